The Kier molecular flexibility index (Phi) is 7.37. The van der Waals surface area contributed by atoms with Crippen LogP contribution in [0.3, 0.4) is 0 Å². The van der Waals surface area contributed by atoms with Gasteiger partial charge in [0.05, 0.1) is 23.2 Å². The number of aromatic amines is 1. The van der Waals surface area contributed by atoms with Crippen LogP contribution in [0, 0.1) is 25.2 Å². The molecule has 1 aromatic heterocycles. The zero-order valence-electron chi connectivity index (χ0n) is 22.0. The lowest BCUT2D eigenvalue weighted by molar-refractivity contribution is -0.118. The molecule has 9 nitrogen and oxygen atoms in total. The van der Waals surface area contributed by atoms with Crippen LogP contribution in [0.5, 0.6) is 23.0 Å². The fraction of sp³-hybridized carbons (Fsp3) is 0.233. The molecule has 5 rings (SSSR count). The van der Waals surface area contributed by atoms with Crippen molar-refractivity contribution in [3.05, 3.63) is 71.0 Å². The maximum absolute atomic E-state index is 12.5. The van der Waals surface area contributed by atoms with Crippen molar-refractivity contribution in [2.45, 2.75) is 20.8 Å². The summed E-state index contributed by atoms with van der Waals surface area (Å²) in [4.78, 5) is 20.4. The van der Waals surface area contributed by atoms with Crippen LogP contribution in [-0.2, 0) is 4.79 Å². The zero-order valence-corrected chi connectivity index (χ0v) is 22.0. The number of carbonyl (C=O) groups is 1. The van der Waals surface area contributed by atoms with Crippen LogP contribution in [0.25, 0.3) is 22.7 Å². The third-order valence-electron chi connectivity index (χ3n) is 6.24. The van der Waals surface area contributed by atoms with Gasteiger partial charge < -0.3 is 29.2 Å². The standard InChI is InChI=1S/C30H28N4O5/c1-4-36-27-14-20(13-21(16-31)30-33-23-11-18(2)19(3)12-24(23)34-30)5-7-26(27)39-17-29(35)32-22-6-8-25-28(15-22)38-10-9-37-25/h5-8,11-15H,4,9-10,17H2,1-3H3,(H,32,35)(H,33,34)/b21-13+. The number of H-pyrrole nitrogens is 1. The van der Waals surface area contributed by atoms with E-state index < -0.39 is 0 Å². The number of aryl methyl sites for hydroxylation is 2. The van der Waals surface area contributed by atoms with Gasteiger partial charge in [-0.05, 0) is 79.9 Å². The van der Waals surface area contributed by atoms with Gasteiger partial charge in [0.2, 0.25) is 0 Å². The van der Waals surface area contributed by atoms with Crippen molar-refractivity contribution in [3.8, 4) is 29.1 Å². The summed E-state index contributed by atoms with van der Waals surface area (Å²) in [5.74, 6) is 2.28. The van der Waals surface area contributed by atoms with Gasteiger partial charge >= 0.3 is 0 Å². The topological polar surface area (TPSA) is 118 Å². The molecule has 2 heterocycles. The Morgan fingerprint density at radius 2 is 1.85 bits per heavy atom. The number of allylic oxidation sites excluding steroid dienone is 1. The molecule has 3 aromatic carbocycles. The van der Waals surface area contributed by atoms with Crippen molar-refractivity contribution >= 4 is 34.3 Å². The maximum atomic E-state index is 12.5. The normalized spacial score (nSPS) is 12.6. The van der Waals surface area contributed by atoms with Crippen molar-refractivity contribution in [2.24, 2.45) is 0 Å². The molecule has 0 bridgehead atoms. The minimum Gasteiger partial charge on any atom is -0.490 e. The first kappa shape index (κ1) is 25.7. The molecule has 0 fully saturated rings. The predicted octanol–water partition coefficient (Wildman–Crippen LogP) is 5.43. The van der Waals surface area contributed by atoms with E-state index in [1.807, 2.05) is 32.9 Å². The molecule has 0 unspecified atom stereocenters. The SMILES string of the molecule is CCOc1cc(/C=C(\C#N)c2nc3cc(C)c(C)cc3[nH]2)ccc1OCC(=O)Nc1ccc2c(c1)OCCO2. The highest BCUT2D eigenvalue weighted by atomic mass is 16.6. The van der Waals surface area contributed by atoms with Crippen LogP contribution < -0.4 is 24.3 Å². The van der Waals surface area contributed by atoms with Crippen LogP contribution in [0.4, 0.5) is 5.69 Å². The average Bonchev–Trinajstić information content (AvgIpc) is 3.33. The molecular formula is C30H28N4O5. The van der Waals surface area contributed by atoms with Crippen LogP contribution in [0.2, 0.25) is 0 Å². The third kappa shape index (κ3) is 5.80. The highest BCUT2D eigenvalue weighted by molar-refractivity contribution is 5.92. The number of nitrogens with zero attached hydrogens (tertiary/aromatic N) is 2. The van der Waals surface area contributed by atoms with Crippen LogP contribution in [0.1, 0.15) is 29.4 Å². The van der Waals surface area contributed by atoms with Crippen molar-refractivity contribution in [1.29, 1.82) is 5.26 Å². The molecule has 0 saturated carbocycles. The molecule has 0 radical (unpaired) electrons. The summed E-state index contributed by atoms with van der Waals surface area (Å²) in [5, 5.41) is 12.6. The second-order valence-electron chi connectivity index (χ2n) is 9.04. The molecule has 39 heavy (non-hydrogen) atoms. The number of nitriles is 1. The van der Waals surface area contributed by atoms with Crippen molar-refractivity contribution in [2.75, 3.05) is 31.7 Å². The minimum atomic E-state index is -0.333. The first-order valence-corrected chi connectivity index (χ1v) is 12.6. The van der Waals surface area contributed by atoms with Crippen molar-refractivity contribution < 1.29 is 23.7 Å². The molecule has 2 N–H and O–H groups in total. The van der Waals surface area contributed by atoms with Gasteiger partial charge in [-0.2, -0.15) is 5.26 Å². The number of nitrogens with one attached hydrogen (secondary N) is 2. The van der Waals surface area contributed by atoms with Crippen LogP contribution in [-0.4, -0.2) is 42.3 Å². The summed E-state index contributed by atoms with van der Waals surface area (Å²) in [7, 11) is 0. The largest absolute Gasteiger partial charge is 0.490 e. The highest BCUT2D eigenvalue weighted by Crippen LogP contribution is 2.33. The summed E-state index contributed by atoms with van der Waals surface area (Å²) < 4.78 is 22.6. The van der Waals surface area contributed by atoms with E-state index in [-0.39, 0.29) is 12.5 Å². The van der Waals surface area contributed by atoms with E-state index in [9.17, 15) is 10.1 Å². The van der Waals surface area contributed by atoms with E-state index in [0.29, 0.717) is 59.9 Å². The molecule has 198 valence electrons. The van der Waals surface area contributed by atoms with Crippen LogP contribution in [0.15, 0.2) is 48.5 Å². The van der Waals surface area contributed by atoms with E-state index in [1.165, 1.54) is 0 Å². The van der Waals surface area contributed by atoms with Crippen LogP contribution >= 0.6 is 0 Å². The summed E-state index contributed by atoms with van der Waals surface area (Å²) >= 11 is 0. The Hall–Kier alpha value is -4.97. The highest BCUT2D eigenvalue weighted by Gasteiger charge is 2.15. The lowest BCUT2D eigenvalue weighted by Gasteiger charge is -2.19. The minimum absolute atomic E-state index is 0.217. The fourth-order valence-corrected chi connectivity index (χ4v) is 4.18. The van der Waals surface area contributed by atoms with Gasteiger partial charge in [0.15, 0.2) is 29.6 Å². The van der Waals surface area contributed by atoms with Gasteiger partial charge in [0.1, 0.15) is 25.1 Å². The molecular weight excluding hydrogens is 496 g/mol. The average molecular weight is 525 g/mol. The van der Waals surface area contributed by atoms with E-state index in [1.54, 1.807) is 42.5 Å². The second kappa shape index (κ2) is 11.2. The Morgan fingerprint density at radius 3 is 2.64 bits per heavy atom. The van der Waals surface area contributed by atoms with Gasteiger partial charge in [-0.3, -0.25) is 4.79 Å². The molecule has 1 amide bonds. The Labute approximate surface area is 226 Å². The number of anilines is 1. The van der Waals surface area contributed by atoms with E-state index >= 15 is 0 Å². The Morgan fingerprint density at radius 1 is 1.05 bits per heavy atom. The maximum Gasteiger partial charge on any atom is 0.262 e. The number of amides is 1. The Bertz CT molecular complexity index is 1580. The molecule has 0 saturated heterocycles. The molecule has 1 aliphatic heterocycles. The molecule has 0 aliphatic carbocycles. The number of imidazole rings is 1. The van der Waals surface area contributed by atoms with Gasteiger partial charge in [-0.25, -0.2) is 4.98 Å². The number of hydrogen-bond donors (Lipinski definition) is 2. The fourth-order valence-electron chi connectivity index (χ4n) is 4.18. The van der Waals surface area contributed by atoms with Crippen molar-refractivity contribution in [1.82, 2.24) is 9.97 Å². The number of fused-ring (bicyclic) bond motifs is 2. The molecule has 9 heteroatoms. The Balaban J connectivity index is 1.30. The molecule has 4 aromatic rings. The summed E-state index contributed by atoms with van der Waals surface area (Å²) in [6.45, 7) is 7.08. The van der Waals surface area contributed by atoms with Gasteiger partial charge in [0, 0.05) is 11.8 Å². The summed E-state index contributed by atoms with van der Waals surface area (Å²) in [6, 6.07) is 16.8. The lowest BCUT2D eigenvalue weighted by Crippen LogP contribution is -2.21. The molecule has 1 aliphatic rings. The first-order chi connectivity index (χ1) is 18.9. The number of rotatable bonds is 8. The lowest BCUT2D eigenvalue weighted by atomic mass is 10.1. The molecule has 0 spiro atoms. The zero-order chi connectivity index (χ0) is 27.4. The first-order valence-electron chi connectivity index (χ1n) is 12.6. The second-order valence-corrected chi connectivity index (χ2v) is 9.04. The number of carbonyl (C=O) groups excluding carboxylic acids is 1. The van der Waals surface area contributed by atoms with E-state index in [0.717, 1.165) is 27.7 Å². The number of aromatic nitrogens is 2. The number of benzene rings is 3. The smallest absolute Gasteiger partial charge is 0.262 e. The van der Waals surface area contributed by atoms with Gasteiger partial charge in [-0.1, -0.05) is 6.07 Å². The molecule has 0 atom stereocenters. The number of hydrogen-bond acceptors (Lipinski definition) is 7. The number of ether oxygens (including phenoxy) is 4. The van der Waals surface area contributed by atoms with E-state index in [2.05, 4.69) is 21.4 Å². The quantitative estimate of drug-likeness (QED) is 0.295. The van der Waals surface area contributed by atoms with Gasteiger partial charge in [-0.15, -0.1) is 0 Å². The monoisotopic (exact) mass is 524 g/mol. The summed E-state index contributed by atoms with van der Waals surface area (Å²) in [5.41, 5.74) is 5.67. The van der Waals surface area contributed by atoms with Gasteiger partial charge in [0.25, 0.3) is 5.91 Å². The van der Waals surface area contributed by atoms with Crippen molar-refractivity contribution in [3.63, 3.8) is 0 Å². The summed E-state index contributed by atoms with van der Waals surface area (Å²) in [6.07, 6.45) is 1.73. The predicted molar refractivity (Wildman–Crippen MR) is 148 cm³/mol. The third-order valence-corrected chi connectivity index (χ3v) is 6.24. The van der Waals surface area contributed by atoms with E-state index in [4.69, 9.17) is 18.9 Å².